The molecule has 1 aromatic rings. The van der Waals surface area contributed by atoms with Gasteiger partial charge < -0.3 is 20.3 Å². The Labute approximate surface area is 161 Å². The third-order valence-corrected chi connectivity index (χ3v) is 3.96. The lowest BCUT2D eigenvalue weighted by Gasteiger charge is -2.19. The number of methoxy groups -OCH3 is 1. The van der Waals surface area contributed by atoms with Crippen LogP contribution in [0.4, 0.5) is 18.9 Å². The first-order valence-electron chi connectivity index (χ1n) is 8.33. The van der Waals surface area contributed by atoms with Crippen LogP contribution in [0.15, 0.2) is 18.2 Å². The third kappa shape index (κ3) is 6.67. The van der Waals surface area contributed by atoms with Crippen LogP contribution in [0.5, 0.6) is 0 Å². The molecule has 0 atom stereocenters. The number of anilines is 1. The molecule has 2 amide bonds. The topological polar surface area (TPSA) is 70.7 Å². The van der Waals surface area contributed by atoms with Crippen LogP contribution >= 0.6 is 12.4 Å². The number of benzene rings is 1. The monoisotopic (exact) mass is 409 g/mol. The SMILES string of the molecule is COCCNCCNC(=O)c1cc(N2CCCC2=O)cc(C(F)(F)F)c1.Cl. The van der Waals surface area contributed by atoms with E-state index in [2.05, 4.69) is 10.6 Å². The Morgan fingerprint density at radius 2 is 1.96 bits per heavy atom. The van der Waals surface area contributed by atoms with Gasteiger partial charge in [0.1, 0.15) is 0 Å². The summed E-state index contributed by atoms with van der Waals surface area (Å²) in [4.78, 5) is 25.4. The van der Waals surface area contributed by atoms with Crippen molar-refractivity contribution < 1.29 is 27.5 Å². The Bertz CT molecular complexity index is 656. The summed E-state index contributed by atoms with van der Waals surface area (Å²) in [6, 6.07) is 3.04. The van der Waals surface area contributed by atoms with Crippen molar-refractivity contribution in [2.75, 3.05) is 44.8 Å². The van der Waals surface area contributed by atoms with Crippen LogP contribution in [0.3, 0.4) is 0 Å². The Kier molecular flexibility index (Phi) is 9.01. The second-order valence-corrected chi connectivity index (χ2v) is 5.91. The van der Waals surface area contributed by atoms with Crippen molar-refractivity contribution in [2.45, 2.75) is 19.0 Å². The Morgan fingerprint density at radius 1 is 1.22 bits per heavy atom. The van der Waals surface area contributed by atoms with E-state index in [4.69, 9.17) is 4.74 Å². The van der Waals surface area contributed by atoms with Crippen molar-refractivity contribution in [3.63, 3.8) is 0 Å². The number of ether oxygens (including phenoxy) is 1. The van der Waals surface area contributed by atoms with Gasteiger partial charge in [-0.05, 0) is 24.6 Å². The largest absolute Gasteiger partial charge is 0.416 e. The van der Waals surface area contributed by atoms with Crippen molar-refractivity contribution in [3.8, 4) is 0 Å². The fourth-order valence-corrected chi connectivity index (χ4v) is 2.65. The zero-order valence-corrected chi connectivity index (χ0v) is 15.7. The highest BCUT2D eigenvalue weighted by Crippen LogP contribution is 2.34. The van der Waals surface area contributed by atoms with Crippen molar-refractivity contribution in [1.82, 2.24) is 10.6 Å². The molecule has 27 heavy (non-hydrogen) atoms. The normalized spacial score (nSPS) is 14.2. The molecule has 0 saturated carbocycles. The summed E-state index contributed by atoms with van der Waals surface area (Å²) in [5, 5.41) is 5.59. The molecule has 1 heterocycles. The molecule has 1 aliphatic rings. The number of carbonyl (C=O) groups excluding carboxylic acids is 2. The molecule has 1 fully saturated rings. The van der Waals surface area contributed by atoms with Crippen molar-refractivity contribution in [2.24, 2.45) is 0 Å². The molecule has 1 aliphatic heterocycles. The molecule has 2 rings (SSSR count). The van der Waals surface area contributed by atoms with Gasteiger partial charge in [-0.25, -0.2) is 0 Å². The van der Waals surface area contributed by atoms with Gasteiger partial charge in [0.15, 0.2) is 0 Å². The highest BCUT2D eigenvalue weighted by Gasteiger charge is 2.33. The minimum atomic E-state index is -4.60. The Balaban J connectivity index is 0.00000364. The molecule has 10 heteroatoms. The molecule has 2 N–H and O–H groups in total. The predicted molar refractivity (Wildman–Crippen MR) is 97.4 cm³/mol. The van der Waals surface area contributed by atoms with E-state index in [1.807, 2.05) is 0 Å². The smallest absolute Gasteiger partial charge is 0.383 e. The number of rotatable bonds is 8. The van der Waals surface area contributed by atoms with E-state index in [1.165, 1.54) is 11.0 Å². The number of nitrogens with zero attached hydrogens (tertiary/aromatic N) is 1. The maximum atomic E-state index is 13.2. The second kappa shape index (κ2) is 10.5. The summed E-state index contributed by atoms with van der Waals surface area (Å²) < 4.78 is 44.4. The molecule has 0 bridgehead atoms. The van der Waals surface area contributed by atoms with E-state index >= 15 is 0 Å². The molecule has 1 aromatic carbocycles. The van der Waals surface area contributed by atoms with Crippen LogP contribution < -0.4 is 15.5 Å². The van der Waals surface area contributed by atoms with Gasteiger partial charge in [0.05, 0.1) is 12.2 Å². The molecule has 0 aromatic heterocycles. The lowest BCUT2D eigenvalue weighted by molar-refractivity contribution is -0.137. The van der Waals surface area contributed by atoms with Gasteiger partial charge in [-0.15, -0.1) is 12.4 Å². The molecule has 152 valence electrons. The predicted octanol–water partition coefficient (Wildman–Crippen LogP) is 2.22. The van der Waals surface area contributed by atoms with E-state index in [0.717, 1.165) is 12.1 Å². The number of halogens is 4. The second-order valence-electron chi connectivity index (χ2n) is 5.91. The van der Waals surface area contributed by atoms with Crippen LogP contribution in [0, 0.1) is 0 Å². The quantitative estimate of drug-likeness (QED) is 0.646. The average molecular weight is 410 g/mol. The summed E-state index contributed by atoms with van der Waals surface area (Å²) >= 11 is 0. The molecule has 1 saturated heterocycles. The fraction of sp³-hybridized carbons (Fsp3) is 0.529. The van der Waals surface area contributed by atoms with Gasteiger partial charge in [-0.2, -0.15) is 13.2 Å². The van der Waals surface area contributed by atoms with E-state index in [9.17, 15) is 22.8 Å². The van der Waals surface area contributed by atoms with Gasteiger partial charge >= 0.3 is 6.18 Å². The van der Waals surface area contributed by atoms with Gasteiger partial charge in [0.2, 0.25) is 5.91 Å². The van der Waals surface area contributed by atoms with Crippen LogP contribution in [-0.2, 0) is 15.7 Å². The highest BCUT2D eigenvalue weighted by atomic mass is 35.5. The number of hydrogen-bond donors (Lipinski definition) is 2. The van der Waals surface area contributed by atoms with Crippen LogP contribution in [0.2, 0.25) is 0 Å². The van der Waals surface area contributed by atoms with Crippen LogP contribution in [0.1, 0.15) is 28.8 Å². The molecule has 0 aliphatic carbocycles. The first-order chi connectivity index (χ1) is 12.3. The van der Waals surface area contributed by atoms with Gasteiger partial charge in [-0.1, -0.05) is 0 Å². The molecule has 0 unspecified atom stereocenters. The zero-order valence-electron chi connectivity index (χ0n) is 14.9. The molecular weight excluding hydrogens is 387 g/mol. The third-order valence-electron chi connectivity index (χ3n) is 3.96. The van der Waals surface area contributed by atoms with Gasteiger partial charge in [0, 0.05) is 51.0 Å². The number of alkyl halides is 3. The molecular formula is C17H23ClF3N3O3. The van der Waals surface area contributed by atoms with E-state index in [-0.39, 0.29) is 36.1 Å². The highest BCUT2D eigenvalue weighted by molar-refractivity contribution is 5.99. The summed E-state index contributed by atoms with van der Waals surface area (Å²) in [5.41, 5.74) is -0.963. The number of hydrogen-bond acceptors (Lipinski definition) is 4. The molecule has 6 nitrogen and oxygen atoms in total. The zero-order chi connectivity index (χ0) is 19.2. The summed E-state index contributed by atoms with van der Waals surface area (Å²) in [7, 11) is 1.57. The van der Waals surface area contributed by atoms with E-state index < -0.39 is 17.6 Å². The van der Waals surface area contributed by atoms with Crippen molar-refractivity contribution in [3.05, 3.63) is 29.3 Å². The first kappa shape index (κ1) is 23.2. The lowest BCUT2D eigenvalue weighted by atomic mass is 10.1. The maximum Gasteiger partial charge on any atom is 0.416 e. The Hall–Kier alpha value is -1.84. The number of nitrogens with one attached hydrogen (secondary N) is 2. The molecule has 0 spiro atoms. The van der Waals surface area contributed by atoms with E-state index in [1.54, 1.807) is 7.11 Å². The minimum Gasteiger partial charge on any atom is -0.383 e. The number of amides is 2. The van der Waals surface area contributed by atoms with Gasteiger partial charge in [0.25, 0.3) is 5.91 Å². The standard InChI is InChI=1S/C17H22F3N3O3.ClH/c1-26-8-6-21-4-5-22-16(25)12-9-13(17(18,19)20)11-14(10-12)23-7-2-3-15(23)24;/h9-11,21H,2-8H2,1H3,(H,22,25);1H. The van der Waals surface area contributed by atoms with Crippen LogP contribution in [-0.4, -0.2) is 51.7 Å². The minimum absolute atomic E-state index is 0. The van der Waals surface area contributed by atoms with Gasteiger partial charge in [-0.3, -0.25) is 9.59 Å². The fourth-order valence-electron chi connectivity index (χ4n) is 2.65. The first-order valence-corrected chi connectivity index (χ1v) is 8.33. The average Bonchev–Trinajstić information content (AvgIpc) is 3.02. The van der Waals surface area contributed by atoms with Crippen LogP contribution in [0.25, 0.3) is 0 Å². The summed E-state index contributed by atoms with van der Waals surface area (Å²) in [6.07, 6.45) is -3.72. The Morgan fingerprint density at radius 3 is 2.56 bits per heavy atom. The van der Waals surface area contributed by atoms with E-state index in [0.29, 0.717) is 39.1 Å². The molecule has 0 radical (unpaired) electrons. The number of carbonyl (C=O) groups is 2. The van der Waals surface area contributed by atoms with Crippen molar-refractivity contribution >= 4 is 29.9 Å². The van der Waals surface area contributed by atoms with Crippen molar-refractivity contribution in [1.29, 1.82) is 0 Å². The maximum absolute atomic E-state index is 13.2. The summed E-state index contributed by atoms with van der Waals surface area (Å²) in [5.74, 6) is -0.851. The lowest BCUT2D eigenvalue weighted by Crippen LogP contribution is -2.33. The summed E-state index contributed by atoms with van der Waals surface area (Å²) in [6.45, 7) is 2.21.